The molecule has 0 aliphatic rings. The molecule has 2 rings (SSSR count). The lowest BCUT2D eigenvalue weighted by Gasteiger charge is -2.13. The first kappa shape index (κ1) is 14.5. The summed E-state index contributed by atoms with van der Waals surface area (Å²) >= 11 is 0. The normalized spacial score (nSPS) is 11.7. The number of carbonyl (C=O) groups excluding carboxylic acids is 1. The van der Waals surface area contributed by atoms with Crippen LogP contribution in [0.25, 0.3) is 0 Å². The predicted molar refractivity (Wildman–Crippen MR) is 77.8 cm³/mol. The van der Waals surface area contributed by atoms with E-state index < -0.39 is 17.0 Å². The van der Waals surface area contributed by atoms with Crippen LogP contribution in [-0.2, 0) is 4.74 Å². The molecule has 0 fully saturated rings. The molecule has 0 unspecified atom stereocenters. The average molecular weight is 286 g/mol. The minimum atomic E-state index is -0.632. The summed E-state index contributed by atoms with van der Waals surface area (Å²) < 4.78 is 5.29. The van der Waals surface area contributed by atoms with E-state index in [1.165, 1.54) is 12.1 Å². The van der Waals surface area contributed by atoms with Gasteiger partial charge in [-0.05, 0) is 24.6 Å². The monoisotopic (exact) mass is 286 g/mol. The summed E-state index contributed by atoms with van der Waals surface area (Å²) in [5, 5.41) is 10.8. The van der Waals surface area contributed by atoms with Gasteiger partial charge in [-0.15, -0.1) is 0 Å². The lowest BCUT2D eigenvalue weighted by Crippen LogP contribution is -2.10. The molecular formula is C15H14N2O4. The van der Waals surface area contributed by atoms with Gasteiger partial charge < -0.3 is 10.5 Å². The molecule has 0 radical (unpaired) electrons. The lowest BCUT2D eigenvalue weighted by atomic mass is 10.1. The third-order valence-corrected chi connectivity index (χ3v) is 3.02. The molecule has 21 heavy (non-hydrogen) atoms. The van der Waals surface area contributed by atoms with Crippen LogP contribution in [0.1, 0.15) is 28.9 Å². The maximum atomic E-state index is 12.0. The molecule has 0 amide bonds. The number of hydrogen-bond donors (Lipinski definition) is 1. The van der Waals surface area contributed by atoms with Crippen molar-refractivity contribution < 1.29 is 14.5 Å². The van der Waals surface area contributed by atoms with Crippen LogP contribution >= 0.6 is 0 Å². The number of nitrogens with zero attached hydrogens (tertiary/aromatic N) is 1. The number of hydrogen-bond acceptors (Lipinski definition) is 5. The zero-order chi connectivity index (χ0) is 15.4. The predicted octanol–water partition coefficient (Wildman–Crippen LogP) is 3.10. The van der Waals surface area contributed by atoms with Gasteiger partial charge in [-0.1, -0.05) is 30.3 Å². The number of esters is 1. The lowest BCUT2D eigenvalue weighted by molar-refractivity contribution is -0.383. The van der Waals surface area contributed by atoms with Crippen molar-refractivity contribution in [3.63, 3.8) is 0 Å². The number of nitro groups is 1. The Bertz CT molecular complexity index is 671. The number of nitro benzene ring substituents is 1. The van der Waals surface area contributed by atoms with E-state index in [1.807, 2.05) is 30.3 Å². The van der Waals surface area contributed by atoms with Crippen molar-refractivity contribution in [1.29, 1.82) is 0 Å². The SMILES string of the molecule is C[C@H](OC(=O)c1ccc(N)c([N+](=O)[O-])c1)c1ccccc1. The Balaban J connectivity index is 2.17. The van der Waals surface area contributed by atoms with E-state index in [0.29, 0.717) is 0 Å². The molecule has 0 aromatic heterocycles. The van der Waals surface area contributed by atoms with E-state index in [-0.39, 0.29) is 16.9 Å². The van der Waals surface area contributed by atoms with Gasteiger partial charge >= 0.3 is 5.97 Å². The van der Waals surface area contributed by atoms with Crippen LogP contribution in [0.3, 0.4) is 0 Å². The molecule has 108 valence electrons. The summed E-state index contributed by atoms with van der Waals surface area (Å²) in [6.07, 6.45) is -0.449. The Kier molecular flexibility index (Phi) is 4.18. The highest BCUT2D eigenvalue weighted by Gasteiger charge is 2.18. The Morgan fingerprint density at radius 2 is 1.90 bits per heavy atom. The number of rotatable bonds is 4. The highest BCUT2D eigenvalue weighted by Crippen LogP contribution is 2.24. The first-order valence-corrected chi connectivity index (χ1v) is 6.29. The quantitative estimate of drug-likeness (QED) is 0.403. The molecular weight excluding hydrogens is 272 g/mol. The molecule has 2 aromatic rings. The molecule has 1 atom stereocenters. The molecule has 0 heterocycles. The molecule has 2 aromatic carbocycles. The summed E-state index contributed by atoms with van der Waals surface area (Å²) in [6.45, 7) is 1.74. The first-order chi connectivity index (χ1) is 9.99. The zero-order valence-corrected chi connectivity index (χ0v) is 11.4. The van der Waals surface area contributed by atoms with Crippen LogP contribution < -0.4 is 5.73 Å². The van der Waals surface area contributed by atoms with Crippen LogP contribution in [0.4, 0.5) is 11.4 Å². The van der Waals surface area contributed by atoms with Crippen LogP contribution in [0, 0.1) is 10.1 Å². The van der Waals surface area contributed by atoms with Gasteiger partial charge in [0.2, 0.25) is 0 Å². The maximum absolute atomic E-state index is 12.0. The van der Waals surface area contributed by atoms with Crippen molar-refractivity contribution >= 4 is 17.3 Å². The first-order valence-electron chi connectivity index (χ1n) is 6.29. The van der Waals surface area contributed by atoms with Crippen molar-refractivity contribution in [2.75, 3.05) is 5.73 Å². The van der Waals surface area contributed by atoms with Gasteiger partial charge in [-0.2, -0.15) is 0 Å². The van der Waals surface area contributed by atoms with E-state index in [0.717, 1.165) is 11.6 Å². The average Bonchev–Trinajstić information content (AvgIpc) is 2.48. The molecule has 0 aliphatic carbocycles. The Labute approximate surface area is 121 Å². The van der Waals surface area contributed by atoms with E-state index in [9.17, 15) is 14.9 Å². The van der Waals surface area contributed by atoms with Crippen molar-refractivity contribution in [1.82, 2.24) is 0 Å². The largest absolute Gasteiger partial charge is 0.454 e. The zero-order valence-electron chi connectivity index (χ0n) is 11.4. The topological polar surface area (TPSA) is 95.5 Å². The van der Waals surface area contributed by atoms with Crippen molar-refractivity contribution in [3.8, 4) is 0 Å². The van der Waals surface area contributed by atoms with E-state index >= 15 is 0 Å². The second kappa shape index (κ2) is 6.04. The van der Waals surface area contributed by atoms with Gasteiger partial charge in [-0.25, -0.2) is 4.79 Å². The molecule has 0 saturated carbocycles. The third-order valence-electron chi connectivity index (χ3n) is 3.02. The minimum Gasteiger partial charge on any atom is -0.454 e. The number of ether oxygens (including phenoxy) is 1. The molecule has 6 heteroatoms. The molecule has 0 bridgehead atoms. The van der Waals surface area contributed by atoms with Gasteiger partial charge in [0.1, 0.15) is 11.8 Å². The maximum Gasteiger partial charge on any atom is 0.338 e. The molecule has 2 N–H and O–H groups in total. The van der Waals surface area contributed by atoms with Crippen LogP contribution in [0.2, 0.25) is 0 Å². The second-order valence-electron chi connectivity index (χ2n) is 4.49. The fraction of sp³-hybridized carbons (Fsp3) is 0.133. The highest BCUT2D eigenvalue weighted by molar-refractivity contribution is 5.91. The molecule has 0 spiro atoms. The summed E-state index contributed by atoms with van der Waals surface area (Å²) in [7, 11) is 0. The summed E-state index contributed by atoms with van der Waals surface area (Å²) in [5.41, 5.74) is 6.13. The van der Waals surface area contributed by atoms with Crippen LogP contribution in [-0.4, -0.2) is 10.9 Å². The van der Waals surface area contributed by atoms with E-state index in [4.69, 9.17) is 10.5 Å². The molecule has 0 aliphatic heterocycles. The fourth-order valence-corrected chi connectivity index (χ4v) is 1.85. The van der Waals surface area contributed by atoms with Gasteiger partial charge in [-0.3, -0.25) is 10.1 Å². The van der Waals surface area contributed by atoms with Crippen molar-refractivity contribution in [3.05, 3.63) is 69.8 Å². The molecule has 0 saturated heterocycles. The van der Waals surface area contributed by atoms with E-state index in [1.54, 1.807) is 6.92 Å². The summed E-state index contributed by atoms with van der Waals surface area (Å²) in [6, 6.07) is 13.1. The molecule has 6 nitrogen and oxygen atoms in total. The van der Waals surface area contributed by atoms with Crippen molar-refractivity contribution in [2.24, 2.45) is 0 Å². The van der Waals surface area contributed by atoms with Gasteiger partial charge in [0.15, 0.2) is 0 Å². The smallest absolute Gasteiger partial charge is 0.338 e. The number of nitrogen functional groups attached to an aromatic ring is 1. The Hall–Kier alpha value is -2.89. The van der Waals surface area contributed by atoms with Gasteiger partial charge in [0.25, 0.3) is 5.69 Å². The summed E-state index contributed by atoms with van der Waals surface area (Å²) in [4.78, 5) is 22.2. The van der Waals surface area contributed by atoms with E-state index in [2.05, 4.69) is 0 Å². The third kappa shape index (κ3) is 3.36. The fourth-order valence-electron chi connectivity index (χ4n) is 1.85. The van der Waals surface area contributed by atoms with Gasteiger partial charge in [0.05, 0.1) is 10.5 Å². The number of nitrogens with two attached hydrogens (primary N) is 1. The standard InChI is InChI=1S/C15H14N2O4/c1-10(11-5-3-2-4-6-11)21-15(18)12-7-8-13(16)14(9-12)17(19)20/h2-10H,16H2,1H3/t10-/m0/s1. The summed E-state index contributed by atoms with van der Waals surface area (Å²) in [5.74, 6) is -0.630. The minimum absolute atomic E-state index is 0.00709. The number of benzene rings is 2. The van der Waals surface area contributed by atoms with Crippen molar-refractivity contribution in [2.45, 2.75) is 13.0 Å². The van der Waals surface area contributed by atoms with Crippen LogP contribution in [0.15, 0.2) is 48.5 Å². The Morgan fingerprint density at radius 1 is 1.24 bits per heavy atom. The van der Waals surface area contributed by atoms with Gasteiger partial charge in [0, 0.05) is 6.07 Å². The number of carbonyl (C=O) groups is 1. The van der Waals surface area contributed by atoms with Crippen LogP contribution in [0.5, 0.6) is 0 Å². The second-order valence-corrected chi connectivity index (χ2v) is 4.49. The number of anilines is 1. The highest BCUT2D eigenvalue weighted by atomic mass is 16.6. The Morgan fingerprint density at radius 3 is 2.52 bits per heavy atom.